The zero-order chi connectivity index (χ0) is 22.6. The number of piperidine rings is 1. The molecule has 5 rings (SSSR count). The Balaban J connectivity index is 1.22. The number of ether oxygens (including phenoxy) is 2. The zero-order valence-corrected chi connectivity index (χ0v) is 20.3. The van der Waals surface area contributed by atoms with E-state index in [1.807, 2.05) is 0 Å². The highest BCUT2D eigenvalue weighted by Gasteiger charge is 2.28. The van der Waals surface area contributed by atoms with Gasteiger partial charge in [-0.15, -0.1) is 0 Å². The third-order valence-electron chi connectivity index (χ3n) is 7.76. The van der Waals surface area contributed by atoms with Crippen molar-refractivity contribution >= 4 is 6.08 Å². The lowest BCUT2D eigenvalue weighted by molar-refractivity contribution is 0.0157. The first kappa shape index (κ1) is 22.6. The largest absolute Gasteiger partial charge is 0.493 e. The van der Waals surface area contributed by atoms with Gasteiger partial charge in [0.2, 0.25) is 0 Å². The molecule has 2 aromatic carbocycles. The smallest absolute Gasteiger partial charge is 0.126 e. The summed E-state index contributed by atoms with van der Waals surface area (Å²) in [7, 11) is 2.34. The van der Waals surface area contributed by atoms with E-state index in [0.29, 0.717) is 12.1 Å². The number of hydrogen-bond acceptors (Lipinski definition) is 4. The molecular formula is C29H38N2O2. The highest BCUT2D eigenvalue weighted by atomic mass is 16.5. The summed E-state index contributed by atoms with van der Waals surface area (Å²) in [5, 5.41) is 0. The van der Waals surface area contributed by atoms with Crippen LogP contribution in [-0.2, 0) is 4.74 Å². The molecule has 0 atom stereocenters. The van der Waals surface area contributed by atoms with Gasteiger partial charge >= 0.3 is 0 Å². The van der Waals surface area contributed by atoms with Crippen LogP contribution in [0.5, 0.6) is 5.75 Å². The van der Waals surface area contributed by atoms with Gasteiger partial charge in [0, 0.05) is 43.8 Å². The van der Waals surface area contributed by atoms with Gasteiger partial charge in [0.15, 0.2) is 0 Å². The first-order chi connectivity index (χ1) is 16.2. The number of hydrogen-bond donors (Lipinski definition) is 0. The average molecular weight is 447 g/mol. The summed E-state index contributed by atoms with van der Waals surface area (Å²) in [5.41, 5.74) is 6.52. The maximum Gasteiger partial charge on any atom is 0.126 e. The maximum absolute atomic E-state index is 6.11. The van der Waals surface area contributed by atoms with E-state index in [1.165, 1.54) is 66.6 Å². The van der Waals surface area contributed by atoms with Crippen LogP contribution < -0.4 is 4.74 Å². The minimum absolute atomic E-state index is 0.705. The molecule has 3 aliphatic rings. The number of aryl methyl sites for hydroxylation is 1. The molecule has 33 heavy (non-hydrogen) atoms. The lowest BCUT2D eigenvalue weighted by Crippen LogP contribution is -2.48. The fraction of sp³-hybridized carbons (Fsp3) is 0.517. The fourth-order valence-electron chi connectivity index (χ4n) is 5.59. The van der Waals surface area contributed by atoms with E-state index in [1.54, 1.807) is 0 Å². The number of fused-ring (bicyclic) bond motifs is 1. The van der Waals surface area contributed by atoms with Crippen LogP contribution in [0.1, 0.15) is 43.2 Å². The number of rotatable bonds is 5. The van der Waals surface area contributed by atoms with Crippen molar-refractivity contribution in [2.24, 2.45) is 0 Å². The van der Waals surface area contributed by atoms with Crippen molar-refractivity contribution in [3.8, 4) is 16.9 Å². The number of likely N-dealkylation sites (tertiary alicyclic amines) is 1. The van der Waals surface area contributed by atoms with Crippen LogP contribution >= 0.6 is 0 Å². The summed E-state index contributed by atoms with van der Waals surface area (Å²) in [4.78, 5) is 5.30. The molecule has 0 spiro atoms. The van der Waals surface area contributed by atoms with Gasteiger partial charge in [-0.1, -0.05) is 47.5 Å². The minimum Gasteiger partial charge on any atom is -0.493 e. The minimum atomic E-state index is 0.705. The normalized spacial score (nSPS) is 20.8. The summed E-state index contributed by atoms with van der Waals surface area (Å²) in [6, 6.07) is 16.8. The predicted molar refractivity (Wildman–Crippen MR) is 136 cm³/mol. The molecule has 0 aliphatic carbocycles. The fourth-order valence-corrected chi connectivity index (χ4v) is 5.59. The lowest BCUT2D eigenvalue weighted by atomic mass is 9.97. The Morgan fingerprint density at radius 1 is 0.879 bits per heavy atom. The van der Waals surface area contributed by atoms with Crippen LogP contribution in [0.25, 0.3) is 17.2 Å². The zero-order valence-electron chi connectivity index (χ0n) is 20.3. The molecule has 0 aromatic heterocycles. The molecule has 0 N–H and O–H groups in total. The van der Waals surface area contributed by atoms with E-state index >= 15 is 0 Å². The van der Waals surface area contributed by atoms with Crippen molar-refractivity contribution in [2.75, 3.05) is 46.5 Å². The van der Waals surface area contributed by atoms with Crippen LogP contribution in [-0.4, -0.2) is 68.4 Å². The summed E-state index contributed by atoms with van der Waals surface area (Å²) in [5.74, 6) is 1.01. The van der Waals surface area contributed by atoms with Crippen molar-refractivity contribution in [3.05, 3.63) is 59.2 Å². The molecule has 0 saturated carbocycles. The van der Waals surface area contributed by atoms with E-state index < -0.39 is 0 Å². The highest BCUT2D eigenvalue weighted by molar-refractivity contribution is 5.72. The van der Waals surface area contributed by atoms with Crippen molar-refractivity contribution < 1.29 is 9.47 Å². The monoisotopic (exact) mass is 446 g/mol. The Morgan fingerprint density at radius 3 is 2.33 bits per heavy atom. The quantitative estimate of drug-likeness (QED) is 0.614. The van der Waals surface area contributed by atoms with Crippen LogP contribution in [0.4, 0.5) is 0 Å². The summed E-state index contributed by atoms with van der Waals surface area (Å²) in [6.07, 6.45) is 8.31. The van der Waals surface area contributed by atoms with E-state index in [2.05, 4.69) is 72.3 Å². The van der Waals surface area contributed by atoms with Gasteiger partial charge in [-0.25, -0.2) is 0 Å². The molecule has 0 bridgehead atoms. The first-order valence-electron chi connectivity index (χ1n) is 12.7. The van der Waals surface area contributed by atoms with Crippen molar-refractivity contribution in [2.45, 2.75) is 51.1 Å². The van der Waals surface area contributed by atoms with Gasteiger partial charge < -0.3 is 14.4 Å². The molecule has 4 nitrogen and oxygen atoms in total. The Morgan fingerprint density at radius 2 is 1.58 bits per heavy atom. The van der Waals surface area contributed by atoms with Gasteiger partial charge in [0.1, 0.15) is 5.75 Å². The molecule has 0 unspecified atom stereocenters. The van der Waals surface area contributed by atoms with Gasteiger partial charge in [-0.2, -0.15) is 0 Å². The van der Waals surface area contributed by atoms with Crippen molar-refractivity contribution in [1.82, 2.24) is 9.80 Å². The lowest BCUT2D eigenvalue weighted by Gasteiger charge is -2.41. The van der Waals surface area contributed by atoms with E-state index in [4.69, 9.17) is 9.47 Å². The van der Waals surface area contributed by atoms with E-state index in [0.717, 1.165) is 38.5 Å². The molecule has 2 aromatic rings. The molecule has 3 aliphatic heterocycles. The van der Waals surface area contributed by atoms with Gasteiger partial charge in [0.25, 0.3) is 0 Å². The van der Waals surface area contributed by atoms with E-state index in [-0.39, 0.29) is 0 Å². The molecule has 0 radical (unpaired) electrons. The van der Waals surface area contributed by atoms with Crippen molar-refractivity contribution in [3.63, 3.8) is 0 Å². The number of benzene rings is 2. The summed E-state index contributed by atoms with van der Waals surface area (Å²) >= 11 is 0. The van der Waals surface area contributed by atoms with Gasteiger partial charge in [-0.3, -0.25) is 4.90 Å². The standard InChI is InChI=1S/C29H38N2O2/c1-22-3-5-24(6-4-22)25-7-8-29-26(20-25)19-23(11-18-33-29)21-31-14-9-27(10-15-31)30(2)28-12-16-32-17-13-28/h3-8,19-20,27-28H,9-18,21H2,1-2H3. The highest BCUT2D eigenvalue weighted by Crippen LogP contribution is 2.32. The van der Waals surface area contributed by atoms with Crippen LogP contribution in [0.3, 0.4) is 0 Å². The second-order valence-electron chi connectivity index (χ2n) is 10.0. The molecule has 4 heteroatoms. The van der Waals surface area contributed by atoms with Gasteiger partial charge in [0.05, 0.1) is 6.61 Å². The Bertz CT molecular complexity index is 954. The first-order valence-corrected chi connectivity index (χ1v) is 12.7. The molecule has 0 amide bonds. The molecule has 2 saturated heterocycles. The third-order valence-corrected chi connectivity index (χ3v) is 7.76. The van der Waals surface area contributed by atoms with Crippen molar-refractivity contribution in [1.29, 1.82) is 0 Å². The summed E-state index contributed by atoms with van der Waals surface area (Å²) < 4.78 is 11.7. The molecule has 3 heterocycles. The summed E-state index contributed by atoms with van der Waals surface area (Å²) in [6.45, 7) is 8.19. The predicted octanol–water partition coefficient (Wildman–Crippen LogP) is 5.40. The molecular weight excluding hydrogens is 408 g/mol. The molecule has 2 fully saturated rings. The maximum atomic E-state index is 6.11. The Hall–Kier alpha value is -2.14. The van der Waals surface area contributed by atoms with Crippen LogP contribution in [0.2, 0.25) is 0 Å². The second kappa shape index (κ2) is 10.4. The second-order valence-corrected chi connectivity index (χ2v) is 10.0. The van der Waals surface area contributed by atoms with Crippen LogP contribution in [0, 0.1) is 6.92 Å². The Kier molecular flexibility index (Phi) is 7.15. The SMILES string of the molecule is Cc1ccc(-c2ccc3c(c2)C=C(CN2CCC(N(C)C4CCOCC4)CC2)CCO3)cc1. The van der Waals surface area contributed by atoms with Gasteiger partial charge in [-0.05, 0) is 76.0 Å². The molecule has 176 valence electrons. The van der Waals surface area contributed by atoms with Crippen LogP contribution in [0.15, 0.2) is 48.0 Å². The Labute approximate surface area is 199 Å². The average Bonchev–Trinajstić information content (AvgIpc) is 3.06. The topological polar surface area (TPSA) is 24.9 Å². The third kappa shape index (κ3) is 5.51. The van der Waals surface area contributed by atoms with E-state index in [9.17, 15) is 0 Å². The number of nitrogens with zero attached hydrogens (tertiary/aromatic N) is 2.